The van der Waals surface area contributed by atoms with E-state index < -0.39 is 5.60 Å². The zero-order valence-electron chi connectivity index (χ0n) is 18.8. The van der Waals surface area contributed by atoms with Crippen molar-refractivity contribution in [2.75, 3.05) is 26.2 Å². The lowest BCUT2D eigenvalue weighted by Gasteiger charge is -2.60. The number of nitrogens with zero attached hydrogens (tertiary/aromatic N) is 2. The highest BCUT2D eigenvalue weighted by Gasteiger charge is 2.57. The van der Waals surface area contributed by atoms with Crippen LogP contribution in [-0.2, 0) is 11.3 Å². The van der Waals surface area contributed by atoms with E-state index in [9.17, 15) is 9.90 Å². The van der Waals surface area contributed by atoms with Crippen LogP contribution in [0.5, 0.6) is 0 Å². The summed E-state index contributed by atoms with van der Waals surface area (Å²) in [6.45, 7) is 9.04. The molecule has 0 spiro atoms. The molecule has 6 rings (SSSR count). The third kappa shape index (κ3) is 4.05. The lowest BCUT2D eigenvalue weighted by Crippen LogP contribution is -2.57. The number of benzene rings is 1. The molecule has 5 fully saturated rings. The largest absolute Gasteiger partial charge is 0.390 e. The molecule has 4 bridgehead atoms. The number of carbonyl (C=O) groups is 1. The lowest BCUT2D eigenvalue weighted by atomic mass is 9.47. The smallest absolute Gasteiger partial charge is 0.223 e. The van der Waals surface area contributed by atoms with E-state index in [1.165, 1.54) is 30.4 Å². The molecule has 1 aliphatic heterocycles. The SMILES string of the molecule is CC(C)c1ccc(CN2CCN(C(=O)CC34C[C@H]5C[C@@H](CC(O)(C5)C3)C4)CC2)cc1. The van der Waals surface area contributed by atoms with Crippen LogP contribution in [0.4, 0.5) is 0 Å². The lowest BCUT2D eigenvalue weighted by molar-refractivity contribution is -0.172. The fraction of sp³-hybridized carbons (Fsp3) is 0.731. The first-order chi connectivity index (χ1) is 14.3. The van der Waals surface area contributed by atoms with Crippen molar-refractivity contribution in [2.45, 2.75) is 76.9 Å². The Hall–Kier alpha value is -1.39. The second-order valence-corrected chi connectivity index (χ2v) is 11.4. The Morgan fingerprint density at radius 2 is 1.67 bits per heavy atom. The van der Waals surface area contributed by atoms with Gasteiger partial charge in [-0.2, -0.15) is 0 Å². The average Bonchev–Trinajstić information content (AvgIpc) is 2.66. The zero-order valence-corrected chi connectivity index (χ0v) is 18.8. The summed E-state index contributed by atoms with van der Waals surface area (Å²) in [6, 6.07) is 9.01. The van der Waals surface area contributed by atoms with Crippen molar-refractivity contribution in [1.82, 2.24) is 9.80 Å². The van der Waals surface area contributed by atoms with E-state index in [-0.39, 0.29) is 5.41 Å². The van der Waals surface area contributed by atoms with Crippen molar-refractivity contribution in [3.8, 4) is 0 Å². The molecule has 2 atom stereocenters. The molecule has 1 saturated heterocycles. The van der Waals surface area contributed by atoms with Crippen molar-refractivity contribution in [3.05, 3.63) is 35.4 Å². The van der Waals surface area contributed by atoms with E-state index in [1.54, 1.807) is 0 Å². The van der Waals surface area contributed by atoms with E-state index >= 15 is 0 Å². The molecule has 30 heavy (non-hydrogen) atoms. The van der Waals surface area contributed by atoms with Crippen molar-refractivity contribution in [3.63, 3.8) is 0 Å². The highest BCUT2D eigenvalue weighted by Crippen LogP contribution is 2.62. The summed E-state index contributed by atoms with van der Waals surface area (Å²) in [5, 5.41) is 11.0. The second-order valence-electron chi connectivity index (χ2n) is 11.4. The molecular weight excluding hydrogens is 372 g/mol. The first-order valence-electron chi connectivity index (χ1n) is 12.1. The topological polar surface area (TPSA) is 43.8 Å². The van der Waals surface area contributed by atoms with Gasteiger partial charge in [-0.15, -0.1) is 0 Å². The quantitative estimate of drug-likeness (QED) is 0.792. The van der Waals surface area contributed by atoms with Gasteiger partial charge < -0.3 is 10.0 Å². The summed E-state index contributed by atoms with van der Waals surface area (Å²) in [6.07, 6.45) is 7.12. The second kappa shape index (κ2) is 7.63. The minimum absolute atomic E-state index is 0.0885. The van der Waals surface area contributed by atoms with E-state index in [0.29, 0.717) is 30.1 Å². The van der Waals surface area contributed by atoms with Gasteiger partial charge in [-0.1, -0.05) is 38.1 Å². The normalized spacial score (nSPS) is 35.9. The van der Waals surface area contributed by atoms with Gasteiger partial charge in [0.05, 0.1) is 5.60 Å². The van der Waals surface area contributed by atoms with E-state index in [2.05, 4.69) is 47.9 Å². The Morgan fingerprint density at radius 1 is 1.03 bits per heavy atom. The maximum absolute atomic E-state index is 13.2. The Labute approximate surface area is 181 Å². The Kier molecular flexibility index (Phi) is 5.22. The Morgan fingerprint density at radius 3 is 2.23 bits per heavy atom. The van der Waals surface area contributed by atoms with E-state index in [0.717, 1.165) is 52.0 Å². The molecule has 1 N–H and O–H groups in total. The minimum atomic E-state index is -0.464. The predicted octanol–water partition coefficient (Wildman–Crippen LogP) is 4.18. The van der Waals surface area contributed by atoms with Crippen LogP contribution in [0.1, 0.15) is 75.8 Å². The van der Waals surface area contributed by atoms with Gasteiger partial charge in [0.25, 0.3) is 0 Å². The van der Waals surface area contributed by atoms with E-state index in [1.807, 2.05) is 0 Å². The maximum Gasteiger partial charge on any atom is 0.223 e. The number of hydrogen-bond acceptors (Lipinski definition) is 3. The molecule has 1 aromatic rings. The van der Waals surface area contributed by atoms with Gasteiger partial charge in [-0.3, -0.25) is 9.69 Å². The molecule has 1 aromatic carbocycles. The molecule has 0 unspecified atom stereocenters. The molecule has 4 aliphatic carbocycles. The number of hydrogen-bond donors (Lipinski definition) is 1. The summed E-state index contributed by atoms with van der Waals surface area (Å²) in [7, 11) is 0. The van der Waals surface area contributed by atoms with Crippen molar-refractivity contribution >= 4 is 5.91 Å². The van der Waals surface area contributed by atoms with Gasteiger partial charge in [0, 0.05) is 39.1 Å². The van der Waals surface area contributed by atoms with Crippen LogP contribution < -0.4 is 0 Å². The number of amides is 1. The van der Waals surface area contributed by atoms with Crippen LogP contribution in [-0.4, -0.2) is 52.6 Å². The van der Waals surface area contributed by atoms with Gasteiger partial charge >= 0.3 is 0 Å². The zero-order chi connectivity index (χ0) is 20.9. The molecule has 4 saturated carbocycles. The summed E-state index contributed by atoms with van der Waals surface area (Å²) in [4.78, 5) is 17.8. The molecule has 5 aliphatic rings. The molecule has 0 radical (unpaired) electrons. The van der Waals surface area contributed by atoms with Gasteiger partial charge in [-0.05, 0) is 72.8 Å². The fourth-order valence-electron chi connectivity index (χ4n) is 7.46. The van der Waals surface area contributed by atoms with Crippen molar-refractivity contribution < 1.29 is 9.90 Å². The van der Waals surface area contributed by atoms with E-state index in [4.69, 9.17) is 0 Å². The van der Waals surface area contributed by atoms with Crippen LogP contribution in [0.25, 0.3) is 0 Å². The molecule has 4 heteroatoms. The maximum atomic E-state index is 13.2. The monoisotopic (exact) mass is 410 g/mol. The van der Waals surface area contributed by atoms with Crippen LogP contribution >= 0.6 is 0 Å². The standard InChI is InChI=1S/C26H38N2O2/c1-19(2)23-5-3-20(4-6-23)17-27-7-9-28(10-8-27)24(29)16-25-12-21-11-22(13-25)15-26(30,14-21)18-25/h3-6,19,21-22,30H,7-18H2,1-2H3/t21-,22-,25?,26?/m1/s1. The molecule has 1 amide bonds. The van der Waals surface area contributed by atoms with Crippen LogP contribution in [0.2, 0.25) is 0 Å². The number of carbonyl (C=O) groups excluding carboxylic acids is 1. The predicted molar refractivity (Wildman–Crippen MR) is 119 cm³/mol. The van der Waals surface area contributed by atoms with Gasteiger partial charge in [0.1, 0.15) is 0 Å². The highest BCUT2D eigenvalue weighted by atomic mass is 16.3. The minimum Gasteiger partial charge on any atom is -0.390 e. The summed E-state index contributed by atoms with van der Waals surface area (Å²) < 4.78 is 0. The third-order valence-corrected chi connectivity index (χ3v) is 8.46. The number of rotatable bonds is 5. The summed E-state index contributed by atoms with van der Waals surface area (Å²) >= 11 is 0. The Balaban J connectivity index is 1.14. The molecule has 0 aromatic heterocycles. The fourth-order valence-corrected chi connectivity index (χ4v) is 7.46. The summed E-state index contributed by atoms with van der Waals surface area (Å²) in [5.41, 5.74) is 2.38. The first kappa shape index (κ1) is 20.5. The molecule has 4 nitrogen and oxygen atoms in total. The molecule has 1 heterocycles. The molecule has 164 valence electrons. The number of piperazine rings is 1. The van der Waals surface area contributed by atoms with Crippen molar-refractivity contribution in [1.29, 1.82) is 0 Å². The molecular formula is C26H38N2O2. The highest BCUT2D eigenvalue weighted by molar-refractivity contribution is 5.77. The van der Waals surface area contributed by atoms with Gasteiger partial charge in [-0.25, -0.2) is 0 Å². The third-order valence-electron chi connectivity index (χ3n) is 8.46. The first-order valence-corrected chi connectivity index (χ1v) is 12.1. The number of aliphatic hydroxyl groups is 1. The van der Waals surface area contributed by atoms with Gasteiger partial charge in [0.2, 0.25) is 5.91 Å². The van der Waals surface area contributed by atoms with Crippen LogP contribution in [0.15, 0.2) is 24.3 Å². The Bertz CT molecular complexity index is 765. The van der Waals surface area contributed by atoms with Crippen LogP contribution in [0.3, 0.4) is 0 Å². The van der Waals surface area contributed by atoms with Gasteiger partial charge in [0.15, 0.2) is 0 Å². The van der Waals surface area contributed by atoms with Crippen molar-refractivity contribution in [2.24, 2.45) is 17.3 Å². The summed E-state index contributed by atoms with van der Waals surface area (Å²) in [5.74, 6) is 2.22. The average molecular weight is 411 g/mol. The van der Waals surface area contributed by atoms with Crippen LogP contribution in [0, 0.1) is 17.3 Å².